The highest BCUT2D eigenvalue weighted by Crippen LogP contribution is 2.20. The zero-order valence-electron chi connectivity index (χ0n) is 9.74. The lowest BCUT2D eigenvalue weighted by molar-refractivity contribution is 0.659. The molecule has 5 heteroatoms. The molecule has 1 aromatic carbocycles. The number of hydrogen-bond donors (Lipinski definition) is 1. The molecule has 0 saturated carbocycles. The van der Waals surface area contributed by atoms with Crippen LogP contribution in [0.3, 0.4) is 0 Å². The predicted molar refractivity (Wildman–Crippen MR) is 73.9 cm³/mol. The quantitative estimate of drug-likeness (QED) is 0.856. The molecule has 2 aromatic rings. The Labute approximate surface area is 116 Å². The smallest absolute Gasteiger partial charge is 0.141 e. The first-order chi connectivity index (χ1) is 8.75. The highest BCUT2D eigenvalue weighted by Gasteiger charge is 2.01. The van der Waals surface area contributed by atoms with Crippen LogP contribution in [0.15, 0.2) is 36.7 Å². The van der Waals surface area contributed by atoms with Crippen molar-refractivity contribution < 1.29 is 0 Å². The molecule has 0 amide bonds. The van der Waals surface area contributed by atoms with Crippen LogP contribution in [0, 0.1) is 0 Å². The second kappa shape index (κ2) is 6.69. The average molecular weight is 282 g/mol. The van der Waals surface area contributed by atoms with Gasteiger partial charge in [0.05, 0.1) is 6.54 Å². The first-order valence-electron chi connectivity index (χ1n) is 5.66. The maximum absolute atomic E-state index is 6.09. The standard InChI is InChI=1S/C13H13Cl2N3/c14-11-3-2-10(12(15)8-11)4-7-16-9-13-17-5-1-6-18-13/h1-3,5-6,8,16H,4,7,9H2. The van der Waals surface area contributed by atoms with E-state index in [1.54, 1.807) is 24.5 Å². The maximum atomic E-state index is 6.09. The van der Waals surface area contributed by atoms with E-state index in [-0.39, 0.29) is 0 Å². The highest BCUT2D eigenvalue weighted by atomic mass is 35.5. The zero-order chi connectivity index (χ0) is 12.8. The molecule has 0 aliphatic heterocycles. The van der Waals surface area contributed by atoms with Gasteiger partial charge in [0.1, 0.15) is 5.82 Å². The molecule has 0 saturated heterocycles. The van der Waals surface area contributed by atoms with E-state index in [0.29, 0.717) is 16.6 Å². The molecule has 0 bridgehead atoms. The molecular formula is C13H13Cl2N3. The van der Waals surface area contributed by atoms with E-state index in [4.69, 9.17) is 23.2 Å². The van der Waals surface area contributed by atoms with Gasteiger partial charge in [0.25, 0.3) is 0 Å². The summed E-state index contributed by atoms with van der Waals surface area (Å²) in [5, 5.41) is 4.65. The van der Waals surface area contributed by atoms with Gasteiger partial charge >= 0.3 is 0 Å². The van der Waals surface area contributed by atoms with Gasteiger partial charge in [0.15, 0.2) is 0 Å². The van der Waals surface area contributed by atoms with Crippen LogP contribution in [-0.4, -0.2) is 16.5 Å². The molecule has 0 radical (unpaired) electrons. The number of nitrogens with one attached hydrogen (secondary N) is 1. The van der Waals surface area contributed by atoms with Gasteiger partial charge < -0.3 is 5.32 Å². The van der Waals surface area contributed by atoms with Crippen molar-refractivity contribution >= 4 is 23.2 Å². The van der Waals surface area contributed by atoms with E-state index in [9.17, 15) is 0 Å². The van der Waals surface area contributed by atoms with Crippen LogP contribution in [0.25, 0.3) is 0 Å². The molecule has 0 unspecified atom stereocenters. The first kappa shape index (κ1) is 13.3. The number of nitrogens with zero attached hydrogens (tertiary/aromatic N) is 2. The largest absolute Gasteiger partial charge is 0.310 e. The second-order valence-electron chi connectivity index (χ2n) is 3.83. The molecule has 0 fully saturated rings. The van der Waals surface area contributed by atoms with Gasteiger partial charge in [-0.3, -0.25) is 0 Å². The van der Waals surface area contributed by atoms with Crippen molar-refractivity contribution in [2.75, 3.05) is 6.54 Å². The Kier molecular flexibility index (Phi) is 4.93. The van der Waals surface area contributed by atoms with E-state index < -0.39 is 0 Å². The third-order valence-corrected chi connectivity index (χ3v) is 3.08. The van der Waals surface area contributed by atoms with Gasteiger partial charge in [0, 0.05) is 22.4 Å². The van der Waals surface area contributed by atoms with Crippen LogP contribution in [0.1, 0.15) is 11.4 Å². The third kappa shape index (κ3) is 3.95. The predicted octanol–water partition coefficient (Wildman–Crippen LogP) is 3.12. The minimum atomic E-state index is 0.659. The zero-order valence-corrected chi connectivity index (χ0v) is 11.2. The molecule has 3 nitrogen and oxygen atoms in total. The minimum Gasteiger partial charge on any atom is -0.310 e. The van der Waals surface area contributed by atoms with Crippen LogP contribution < -0.4 is 5.32 Å². The SMILES string of the molecule is Clc1ccc(CCNCc2ncccn2)c(Cl)c1. The summed E-state index contributed by atoms with van der Waals surface area (Å²) in [7, 11) is 0. The molecule has 0 spiro atoms. The van der Waals surface area contributed by atoms with Crippen molar-refractivity contribution in [3.05, 3.63) is 58.1 Å². The van der Waals surface area contributed by atoms with E-state index >= 15 is 0 Å². The molecule has 0 aliphatic carbocycles. The molecule has 1 N–H and O–H groups in total. The average Bonchev–Trinajstić information content (AvgIpc) is 2.38. The molecule has 2 rings (SSSR count). The first-order valence-corrected chi connectivity index (χ1v) is 6.42. The van der Waals surface area contributed by atoms with E-state index in [0.717, 1.165) is 24.4 Å². The number of hydrogen-bond acceptors (Lipinski definition) is 3. The minimum absolute atomic E-state index is 0.659. The molecule has 0 atom stereocenters. The lowest BCUT2D eigenvalue weighted by Crippen LogP contribution is -2.18. The van der Waals surface area contributed by atoms with Gasteiger partial charge in [0.2, 0.25) is 0 Å². The number of benzene rings is 1. The number of rotatable bonds is 5. The molecule has 94 valence electrons. The van der Waals surface area contributed by atoms with Crippen LogP contribution >= 0.6 is 23.2 Å². The summed E-state index contributed by atoms with van der Waals surface area (Å²) in [6.45, 7) is 1.48. The Balaban J connectivity index is 1.79. The Bertz CT molecular complexity index is 503. The number of aromatic nitrogens is 2. The monoisotopic (exact) mass is 281 g/mol. The van der Waals surface area contributed by atoms with Crippen molar-refractivity contribution in [3.63, 3.8) is 0 Å². The fourth-order valence-electron chi connectivity index (χ4n) is 1.57. The summed E-state index contributed by atoms with van der Waals surface area (Å²) in [6, 6.07) is 7.37. The van der Waals surface area contributed by atoms with Crippen molar-refractivity contribution in [1.82, 2.24) is 15.3 Å². The lowest BCUT2D eigenvalue weighted by atomic mass is 10.1. The van der Waals surface area contributed by atoms with Gasteiger partial charge in [-0.05, 0) is 36.7 Å². The maximum Gasteiger partial charge on any atom is 0.141 e. The normalized spacial score (nSPS) is 10.6. The molecule has 1 aromatic heterocycles. The van der Waals surface area contributed by atoms with E-state index in [1.165, 1.54) is 0 Å². The Morgan fingerprint density at radius 3 is 2.61 bits per heavy atom. The summed E-state index contributed by atoms with van der Waals surface area (Å²) in [4.78, 5) is 8.27. The van der Waals surface area contributed by atoms with Gasteiger partial charge in [-0.2, -0.15) is 0 Å². The lowest BCUT2D eigenvalue weighted by Gasteiger charge is -2.06. The summed E-state index contributed by atoms with van der Waals surface area (Å²) in [5.74, 6) is 0.791. The summed E-state index contributed by atoms with van der Waals surface area (Å²) < 4.78 is 0. The van der Waals surface area contributed by atoms with E-state index in [1.807, 2.05) is 12.1 Å². The van der Waals surface area contributed by atoms with Crippen molar-refractivity contribution in [3.8, 4) is 0 Å². The van der Waals surface area contributed by atoms with Gasteiger partial charge in [-0.15, -0.1) is 0 Å². The second-order valence-corrected chi connectivity index (χ2v) is 4.67. The Morgan fingerprint density at radius 1 is 1.11 bits per heavy atom. The van der Waals surface area contributed by atoms with Gasteiger partial charge in [-0.25, -0.2) is 9.97 Å². The molecule has 0 aliphatic rings. The van der Waals surface area contributed by atoms with Gasteiger partial charge in [-0.1, -0.05) is 29.3 Å². The molecule has 18 heavy (non-hydrogen) atoms. The summed E-state index contributed by atoms with van der Waals surface area (Å²) in [5.41, 5.74) is 1.09. The summed E-state index contributed by atoms with van der Waals surface area (Å²) in [6.07, 6.45) is 4.32. The fraction of sp³-hybridized carbons (Fsp3) is 0.231. The van der Waals surface area contributed by atoms with Crippen LogP contribution in [0.4, 0.5) is 0 Å². The van der Waals surface area contributed by atoms with Crippen molar-refractivity contribution in [2.45, 2.75) is 13.0 Å². The van der Waals surface area contributed by atoms with Crippen molar-refractivity contribution in [2.24, 2.45) is 0 Å². The topological polar surface area (TPSA) is 37.8 Å². The van der Waals surface area contributed by atoms with Crippen molar-refractivity contribution in [1.29, 1.82) is 0 Å². The van der Waals surface area contributed by atoms with Crippen LogP contribution in [0.2, 0.25) is 10.0 Å². The van der Waals surface area contributed by atoms with Crippen LogP contribution in [-0.2, 0) is 13.0 Å². The summed E-state index contributed by atoms with van der Waals surface area (Å²) >= 11 is 11.9. The third-order valence-electron chi connectivity index (χ3n) is 2.49. The molecule has 1 heterocycles. The Morgan fingerprint density at radius 2 is 1.89 bits per heavy atom. The highest BCUT2D eigenvalue weighted by molar-refractivity contribution is 6.35. The van der Waals surface area contributed by atoms with E-state index in [2.05, 4.69) is 15.3 Å². The number of halogens is 2. The van der Waals surface area contributed by atoms with Crippen LogP contribution in [0.5, 0.6) is 0 Å². The fourth-order valence-corrected chi connectivity index (χ4v) is 2.07. The molecular weight excluding hydrogens is 269 g/mol. The Hall–Kier alpha value is -1.16.